The van der Waals surface area contributed by atoms with Gasteiger partial charge in [0.2, 0.25) is 6.41 Å². The Morgan fingerprint density at radius 1 is 1.27 bits per heavy atom. The number of hydrogen-bond acceptors (Lipinski definition) is 2. The fraction of sp³-hybridized carbons (Fsp3) is 0.333. The van der Waals surface area contributed by atoms with Gasteiger partial charge in [-0.15, -0.1) is 0 Å². The molecule has 7 heteroatoms. The highest BCUT2D eigenvalue weighted by molar-refractivity contribution is 5.66. The molecular weight excluding hydrogens is 295 g/mol. The maximum Gasteiger partial charge on any atom is 0.210 e. The highest BCUT2D eigenvalue weighted by Crippen LogP contribution is 2.35. The molecule has 0 saturated carbocycles. The molecule has 0 unspecified atom stereocenters. The molecule has 1 atom stereocenters. The van der Waals surface area contributed by atoms with Gasteiger partial charge in [-0.05, 0) is 25.5 Å². The van der Waals surface area contributed by atoms with Crippen molar-refractivity contribution in [2.24, 2.45) is 7.05 Å². The number of halogens is 3. The van der Waals surface area contributed by atoms with Gasteiger partial charge in [-0.1, -0.05) is 0 Å². The van der Waals surface area contributed by atoms with Gasteiger partial charge in [0.1, 0.15) is 0 Å². The van der Waals surface area contributed by atoms with Crippen molar-refractivity contribution in [3.63, 3.8) is 0 Å². The van der Waals surface area contributed by atoms with E-state index in [1.807, 2.05) is 6.92 Å². The number of hydrogen-bond donors (Lipinski definition) is 0. The lowest BCUT2D eigenvalue weighted by molar-refractivity contribution is -0.120. The van der Waals surface area contributed by atoms with E-state index in [1.54, 1.807) is 11.9 Å². The van der Waals surface area contributed by atoms with Crippen molar-refractivity contribution in [1.29, 1.82) is 0 Å². The summed E-state index contributed by atoms with van der Waals surface area (Å²) < 4.78 is 41.6. The summed E-state index contributed by atoms with van der Waals surface area (Å²) in [5.74, 6) is -3.95. The minimum absolute atomic E-state index is 0.212. The monoisotopic (exact) mass is 309 g/mol. The molecule has 1 aliphatic rings. The van der Waals surface area contributed by atoms with Crippen LogP contribution < -0.4 is 0 Å². The summed E-state index contributed by atoms with van der Waals surface area (Å²) >= 11 is 0. The average Bonchev–Trinajstić information content (AvgIpc) is 2.82. The maximum atomic E-state index is 13.5. The van der Waals surface area contributed by atoms with Crippen LogP contribution >= 0.6 is 0 Å². The number of rotatable bonds is 2. The van der Waals surface area contributed by atoms with Gasteiger partial charge in [0.05, 0.1) is 17.4 Å². The van der Waals surface area contributed by atoms with E-state index in [2.05, 4.69) is 5.10 Å². The van der Waals surface area contributed by atoms with Crippen LogP contribution in [0.25, 0.3) is 11.3 Å². The molecule has 116 valence electrons. The second-order valence-electron chi connectivity index (χ2n) is 5.36. The van der Waals surface area contributed by atoms with Crippen molar-refractivity contribution in [2.45, 2.75) is 19.4 Å². The topological polar surface area (TPSA) is 38.1 Å². The van der Waals surface area contributed by atoms with E-state index in [0.29, 0.717) is 24.4 Å². The summed E-state index contributed by atoms with van der Waals surface area (Å²) in [6, 6.07) is 1.72. The molecule has 0 radical (unpaired) electrons. The highest BCUT2D eigenvalue weighted by atomic mass is 19.2. The van der Waals surface area contributed by atoms with Crippen molar-refractivity contribution in [1.82, 2.24) is 14.7 Å². The first-order valence-corrected chi connectivity index (χ1v) is 6.85. The summed E-state index contributed by atoms with van der Waals surface area (Å²) in [6.07, 6.45) is 1.29. The second-order valence-corrected chi connectivity index (χ2v) is 5.36. The Kier molecular flexibility index (Phi) is 3.42. The fourth-order valence-electron chi connectivity index (χ4n) is 2.96. The number of amides is 1. The zero-order valence-electron chi connectivity index (χ0n) is 12.1. The van der Waals surface area contributed by atoms with Gasteiger partial charge in [-0.2, -0.15) is 5.10 Å². The lowest BCUT2D eigenvalue weighted by atomic mass is 9.96. The van der Waals surface area contributed by atoms with Gasteiger partial charge in [-0.25, -0.2) is 13.2 Å². The largest absolute Gasteiger partial charge is 0.337 e. The first-order valence-electron chi connectivity index (χ1n) is 6.85. The molecule has 0 N–H and O–H groups in total. The highest BCUT2D eigenvalue weighted by Gasteiger charge is 2.30. The summed E-state index contributed by atoms with van der Waals surface area (Å²) in [7, 11) is 1.66. The van der Waals surface area contributed by atoms with Crippen molar-refractivity contribution >= 4 is 6.41 Å². The smallest absolute Gasteiger partial charge is 0.210 e. The number of carbonyl (C=O) groups excluding carboxylic acids is 1. The van der Waals surface area contributed by atoms with E-state index >= 15 is 0 Å². The van der Waals surface area contributed by atoms with Gasteiger partial charge in [-0.3, -0.25) is 9.48 Å². The van der Waals surface area contributed by atoms with Crippen LogP contribution in [-0.4, -0.2) is 27.6 Å². The second kappa shape index (κ2) is 5.15. The zero-order chi connectivity index (χ0) is 16.0. The van der Waals surface area contributed by atoms with E-state index in [9.17, 15) is 18.0 Å². The van der Waals surface area contributed by atoms with E-state index in [1.165, 1.54) is 4.68 Å². The van der Waals surface area contributed by atoms with Crippen LogP contribution in [-0.2, 0) is 18.3 Å². The molecule has 0 aliphatic carbocycles. The van der Waals surface area contributed by atoms with Crippen LogP contribution in [0.3, 0.4) is 0 Å². The number of benzene rings is 1. The Morgan fingerprint density at radius 3 is 2.50 bits per heavy atom. The SMILES string of the molecule is C[C@H]1c2nn(C)c(-c3cc(F)c(F)c(F)c3)c2CCN1C=O. The Hall–Kier alpha value is -2.31. The van der Waals surface area contributed by atoms with Crippen molar-refractivity contribution in [2.75, 3.05) is 6.54 Å². The molecule has 4 nitrogen and oxygen atoms in total. The zero-order valence-corrected chi connectivity index (χ0v) is 12.1. The fourth-order valence-corrected chi connectivity index (χ4v) is 2.96. The third kappa shape index (κ3) is 2.08. The minimum atomic E-state index is -1.49. The summed E-state index contributed by atoms with van der Waals surface area (Å²) in [6.45, 7) is 2.34. The first-order chi connectivity index (χ1) is 10.4. The van der Waals surface area contributed by atoms with Crippen LogP contribution in [0.4, 0.5) is 13.2 Å². The molecule has 22 heavy (non-hydrogen) atoms. The normalized spacial score (nSPS) is 17.5. The van der Waals surface area contributed by atoms with Crippen molar-refractivity contribution in [3.05, 3.63) is 40.8 Å². The van der Waals surface area contributed by atoms with E-state index in [0.717, 1.165) is 24.1 Å². The molecule has 0 bridgehead atoms. The first kappa shape index (κ1) is 14.6. The summed E-state index contributed by atoms with van der Waals surface area (Å²) in [5.41, 5.74) is 2.31. The van der Waals surface area contributed by atoms with Gasteiger partial charge in [0, 0.05) is 24.7 Å². The number of nitrogens with zero attached hydrogens (tertiary/aromatic N) is 3. The molecule has 0 saturated heterocycles. The molecule has 1 amide bonds. The van der Waals surface area contributed by atoms with Gasteiger partial charge in [0.15, 0.2) is 17.5 Å². The van der Waals surface area contributed by atoms with Gasteiger partial charge >= 0.3 is 0 Å². The number of carbonyl (C=O) groups is 1. The molecule has 1 aromatic heterocycles. The predicted octanol–water partition coefficient (Wildman–Crippen LogP) is 2.58. The van der Waals surface area contributed by atoms with Crippen LogP contribution in [0.15, 0.2) is 12.1 Å². The lowest BCUT2D eigenvalue weighted by Crippen LogP contribution is -2.32. The number of fused-ring (bicyclic) bond motifs is 1. The molecule has 1 aromatic carbocycles. The van der Waals surface area contributed by atoms with Crippen LogP contribution in [0.5, 0.6) is 0 Å². The Balaban J connectivity index is 2.16. The lowest BCUT2D eigenvalue weighted by Gasteiger charge is -2.29. The quantitative estimate of drug-likeness (QED) is 0.632. The van der Waals surface area contributed by atoms with E-state index in [-0.39, 0.29) is 11.6 Å². The molecule has 0 fully saturated rings. The molecular formula is C15H14F3N3O. The number of aromatic nitrogens is 2. The summed E-state index contributed by atoms with van der Waals surface area (Å²) in [5, 5.41) is 4.37. The van der Waals surface area contributed by atoms with Crippen LogP contribution in [0, 0.1) is 17.5 Å². The molecule has 2 heterocycles. The maximum absolute atomic E-state index is 13.5. The third-order valence-electron chi connectivity index (χ3n) is 4.08. The Bertz CT molecular complexity index is 734. The molecule has 1 aliphatic heterocycles. The van der Waals surface area contributed by atoms with Gasteiger partial charge < -0.3 is 4.90 Å². The third-order valence-corrected chi connectivity index (χ3v) is 4.08. The Morgan fingerprint density at radius 2 is 1.91 bits per heavy atom. The summed E-state index contributed by atoms with van der Waals surface area (Å²) in [4.78, 5) is 12.6. The average molecular weight is 309 g/mol. The van der Waals surface area contributed by atoms with Crippen LogP contribution in [0.2, 0.25) is 0 Å². The van der Waals surface area contributed by atoms with Gasteiger partial charge in [0.25, 0.3) is 0 Å². The van der Waals surface area contributed by atoms with Crippen LogP contribution in [0.1, 0.15) is 24.2 Å². The predicted molar refractivity (Wildman–Crippen MR) is 73.4 cm³/mol. The van der Waals surface area contributed by atoms with E-state index in [4.69, 9.17) is 0 Å². The van der Waals surface area contributed by atoms with Crippen molar-refractivity contribution < 1.29 is 18.0 Å². The molecule has 0 spiro atoms. The van der Waals surface area contributed by atoms with Crippen molar-refractivity contribution in [3.8, 4) is 11.3 Å². The Labute approximate surface area is 125 Å². The minimum Gasteiger partial charge on any atom is -0.337 e. The molecule has 2 aromatic rings. The standard InChI is InChI=1S/C15H14F3N3O/c1-8-14-10(3-4-21(8)7-22)15(20(2)19-14)9-5-11(16)13(18)12(17)6-9/h5-8H,3-4H2,1-2H3/t8-/m0/s1. The van der Waals surface area contributed by atoms with E-state index < -0.39 is 17.5 Å². The molecule has 3 rings (SSSR count). The number of aryl methyl sites for hydroxylation is 1.